The van der Waals surface area contributed by atoms with Crippen LogP contribution in [0.25, 0.3) is 0 Å². The smallest absolute Gasteiger partial charge is 0.170 e. The fraction of sp³-hybridized carbons (Fsp3) is 0.565. The van der Waals surface area contributed by atoms with Crippen LogP contribution < -0.4 is 5.32 Å². The zero-order valence-electron chi connectivity index (χ0n) is 17.9. The van der Waals surface area contributed by atoms with Crippen LogP contribution in [0.15, 0.2) is 42.7 Å². The molecule has 3 aliphatic rings. The fourth-order valence-corrected chi connectivity index (χ4v) is 5.24. The minimum atomic E-state index is 0.0246. The Morgan fingerprint density at radius 1 is 1.10 bits per heavy atom. The Hall–Kier alpha value is -2.00. The van der Waals surface area contributed by atoms with Gasteiger partial charge >= 0.3 is 0 Å². The lowest BCUT2D eigenvalue weighted by Gasteiger charge is -2.32. The minimum absolute atomic E-state index is 0.0246. The molecule has 0 spiro atoms. The van der Waals surface area contributed by atoms with Gasteiger partial charge in [-0.2, -0.15) is 0 Å². The molecule has 7 nitrogen and oxygen atoms in total. The van der Waals surface area contributed by atoms with Crippen molar-refractivity contribution in [2.75, 3.05) is 46.0 Å². The van der Waals surface area contributed by atoms with E-state index in [2.05, 4.69) is 49.1 Å². The molecule has 0 amide bonds. The third kappa shape index (κ3) is 4.62. The van der Waals surface area contributed by atoms with Crippen LogP contribution in [0.3, 0.4) is 0 Å². The summed E-state index contributed by atoms with van der Waals surface area (Å²) in [6, 6.07) is 10.6. The first-order chi connectivity index (χ1) is 15.3. The number of ether oxygens (including phenoxy) is 2. The molecule has 2 aromatic heterocycles. The van der Waals surface area contributed by atoms with Crippen LogP contribution in [-0.4, -0.2) is 76.6 Å². The van der Waals surface area contributed by atoms with Gasteiger partial charge in [0.2, 0.25) is 0 Å². The number of pyridine rings is 1. The maximum atomic E-state index is 5.92. The highest BCUT2D eigenvalue weighted by Gasteiger charge is 2.41. The van der Waals surface area contributed by atoms with Crippen LogP contribution in [0.5, 0.6) is 0 Å². The van der Waals surface area contributed by atoms with Crippen LogP contribution >= 0.6 is 12.2 Å². The Labute approximate surface area is 189 Å². The number of nitrogens with zero attached hydrogens (tertiary/aromatic N) is 4. The van der Waals surface area contributed by atoms with Crippen molar-refractivity contribution in [3.63, 3.8) is 0 Å². The van der Waals surface area contributed by atoms with Crippen LogP contribution in [0, 0.1) is 0 Å². The summed E-state index contributed by atoms with van der Waals surface area (Å²) < 4.78 is 13.8. The van der Waals surface area contributed by atoms with Gasteiger partial charge in [-0.25, -0.2) is 0 Å². The quantitative estimate of drug-likeness (QED) is 0.662. The van der Waals surface area contributed by atoms with Gasteiger partial charge in [0.25, 0.3) is 0 Å². The summed E-state index contributed by atoms with van der Waals surface area (Å²) in [5.74, 6) is 0. The van der Waals surface area contributed by atoms with Crippen molar-refractivity contribution < 1.29 is 9.47 Å². The zero-order valence-corrected chi connectivity index (χ0v) is 18.7. The van der Waals surface area contributed by atoms with Gasteiger partial charge in [0, 0.05) is 57.4 Å². The van der Waals surface area contributed by atoms with Gasteiger partial charge in [0.05, 0.1) is 37.1 Å². The van der Waals surface area contributed by atoms with E-state index >= 15 is 0 Å². The van der Waals surface area contributed by atoms with Crippen molar-refractivity contribution in [3.05, 3.63) is 54.1 Å². The molecule has 0 saturated carbocycles. The lowest BCUT2D eigenvalue weighted by atomic mass is 10.0. The lowest BCUT2D eigenvalue weighted by Crippen LogP contribution is -2.43. The van der Waals surface area contributed by atoms with E-state index in [-0.39, 0.29) is 12.1 Å². The third-order valence-electron chi connectivity index (χ3n) is 6.55. The number of aromatic nitrogens is 2. The van der Waals surface area contributed by atoms with Crippen LogP contribution in [0.1, 0.15) is 36.3 Å². The summed E-state index contributed by atoms with van der Waals surface area (Å²) in [6.45, 7) is 7.21. The van der Waals surface area contributed by atoms with E-state index in [1.165, 1.54) is 5.69 Å². The van der Waals surface area contributed by atoms with Crippen LogP contribution in [0.2, 0.25) is 0 Å². The molecule has 0 bridgehead atoms. The lowest BCUT2D eigenvalue weighted by molar-refractivity contribution is 0.0349. The average molecular weight is 442 g/mol. The summed E-state index contributed by atoms with van der Waals surface area (Å²) in [7, 11) is 0. The van der Waals surface area contributed by atoms with E-state index in [1.54, 1.807) is 0 Å². The van der Waals surface area contributed by atoms with E-state index in [9.17, 15) is 0 Å². The number of hydrogen-bond donors (Lipinski definition) is 1. The van der Waals surface area contributed by atoms with Gasteiger partial charge in [0.1, 0.15) is 0 Å². The number of thiocarbonyl (C=S) groups is 1. The molecular formula is C23H31N5O2S. The Bertz CT molecular complexity index is 864. The van der Waals surface area contributed by atoms with E-state index in [4.69, 9.17) is 21.7 Å². The Morgan fingerprint density at radius 2 is 2.00 bits per heavy atom. The molecule has 2 aromatic rings. The molecule has 31 heavy (non-hydrogen) atoms. The van der Waals surface area contributed by atoms with Crippen molar-refractivity contribution in [3.8, 4) is 0 Å². The maximum absolute atomic E-state index is 5.92. The number of morpholine rings is 1. The predicted molar refractivity (Wildman–Crippen MR) is 123 cm³/mol. The monoisotopic (exact) mass is 441 g/mol. The second-order valence-electron chi connectivity index (χ2n) is 8.49. The zero-order chi connectivity index (χ0) is 21.0. The maximum Gasteiger partial charge on any atom is 0.170 e. The molecule has 3 atom stereocenters. The van der Waals surface area contributed by atoms with Crippen molar-refractivity contribution in [1.29, 1.82) is 0 Å². The van der Waals surface area contributed by atoms with Crippen LogP contribution in [0.4, 0.5) is 0 Å². The van der Waals surface area contributed by atoms with Gasteiger partial charge < -0.3 is 24.3 Å². The highest BCUT2D eigenvalue weighted by molar-refractivity contribution is 7.80. The first-order valence-corrected chi connectivity index (χ1v) is 11.8. The molecule has 0 aromatic carbocycles. The summed E-state index contributed by atoms with van der Waals surface area (Å²) in [4.78, 5) is 9.48. The van der Waals surface area contributed by atoms with E-state index < -0.39 is 0 Å². The van der Waals surface area contributed by atoms with Crippen molar-refractivity contribution in [2.24, 2.45) is 0 Å². The standard InChI is InChI=1S/C23H31N5O2S/c31-23-25-21(19-6-1-2-8-24-19)22(28(23)11-10-26-12-15-29-16-13-26)20-7-3-9-27(20)17-18-5-4-14-30-18/h1-3,6-9,18,21-22H,4-5,10-17H2,(H,25,31)/t18-,21-,22-/m1/s1. The van der Waals surface area contributed by atoms with Crippen LogP contribution in [-0.2, 0) is 16.0 Å². The highest BCUT2D eigenvalue weighted by Crippen LogP contribution is 2.38. The van der Waals surface area contributed by atoms with E-state index in [0.29, 0.717) is 6.10 Å². The molecule has 0 aliphatic carbocycles. The van der Waals surface area contributed by atoms with E-state index in [0.717, 1.165) is 76.2 Å². The molecule has 3 saturated heterocycles. The van der Waals surface area contributed by atoms with Crippen molar-refractivity contribution in [2.45, 2.75) is 37.6 Å². The highest BCUT2D eigenvalue weighted by atomic mass is 32.1. The van der Waals surface area contributed by atoms with Crippen molar-refractivity contribution >= 4 is 17.3 Å². The first-order valence-electron chi connectivity index (χ1n) is 11.3. The first kappa shape index (κ1) is 20.9. The molecule has 0 radical (unpaired) electrons. The topological polar surface area (TPSA) is 54.8 Å². The van der Waals surface area contributed by atoms with Gasteiger partial charge in [-0.15, -0.1) is 0 Å². The second kappa shape index (κ2) is 9.65. The predicted octanol–water partition coefficient (Wildman–Crippen LogP) is 2.37. The molecule has 0 unspecified atom stereocenters. The molecule has 166 valence electrons. The molecule has 3 aliphatic heterocycles. The summed E-state index contributed by atoms with van der Waals surface area (Å²) in [5, 5.41) is 4.38. The fourth-order valence-electron chi connectivity index (χ4n) is 4.91. The Kier molecular flexibility index (Phi) is 6.50. The average Bonchev–Trinajstić information content (AvgIpc) is 3.55. The Morgan fingerprint density at radius 3 is 2.77 bits per heavy atom. The van der Waals surface area contributed by atoms with E-state index in [1.807, 2.05) is 18.3 Å². The molecule has 3 fully saturated rings. The second-order valence-corrected chi connectivity index (χ2v) is 8.88. The molecular weight excluding hydrogens is 410 g/mol. The van der Waals surface area contributed by atoms with Gasteiger partial charge in [-0.05, 0) is 49.3 Å². The molecule has 1 N–H and O–H groups in total. The molecule has 5 rings (SSSR count). The number of hydrogen-bond acceptors (Lipinski definition) is 5. The summed E-state index contributed by atoms with van der Waals surface area (Å²) in [6.07, 6.45) is 6.61. The largest absolute Gasteiger partial charge is 0.379 e. The summed E-state index contributed by atoms with van der Waals surface area (Å²) >= 11 is 5.83. The minimum Gasteiger partial charge on any atom is -0.379 e. The number of nitrogens with one attached hydrogen (secondary N) is 1. The molecule has 8 heteroatoms. The normalized spacial score (nSPS) is 27.0. The van der Waals surface area contributed by atoms with Gasteiger partial charge in [0.15, 0.2) is 5.11 Å². The molecule has 5 heterocycles. The van der Waals surface area contributed by atoms with Gasteiger partial charge in [-0.3, -0.25) is 9.88 Å². The summed E-state index contributed by atoms with van der Waals surface area (Å²) in [5.41, 5.74) is 2.29. The Balaban J connectivity index is 1.41. The third-order valence-corrected chi connectivity index (χ3v) is 6.90. The number of rotatable bonds is 7. The van der Waals surface area contributed by atoms with Gasteiger partial charge in [-0.1, -0.05) is 6.07 Å². The SMILES string of the molecule is S=C1N[C@H](c2ccccn2)[C@@H](c2cccn2C[C@H]2CCCO2)N1CCN1CCOCC1. The van der Waals surface area contributed by atoms with Crippen molar-refractivity contribution in [1.82, 2.24) is 24.7 Å².